The fraction of sp³-hybridized carbons (Fsp3) is 0.120. The van der Waals surface area contributed by atoms with Crippen molar-refractivity contribution in [3.63, 3.8) is 0 Å². The molecule has 0 spiro atoms. The van der Waals surface area contributed by atoms with Gasteiger partial charge in [-0.15, -0.1) is 16.4 Å². The number of thioether (sulfide) groups is 1. The Labute approximate surface area is 204 Å². The molecule has 0 aliphatic heterocycles. The zero-order chi connectivity index (χ0) is 23.3. The number of hydrogen-bond acceptors (Lipinski definition) is 7. The first-order valence-electron chi connectivity index (χ1n) is 10.6. The monoisotopic (exact) mass is 487 g/mol. The van der Waals surface area contributed by atoms with Gasteiger partial charge in [-0.05, 0) is 54.1 Å². The molecule has 0 saturated carbocycles. The molecule has 34 heavy (non-hydrogen) atoms. The van der Waals surface area contributed by atoms with E-state index in [1.54, 1.807) is 34.9 Å². The number of ether oxygens (including phenoxy) is 1. The molecule has 3 aromatic carbocycles. The average molecular weight is 488 g/mol. The van der Waals surface area contributed by atoms with Crippen LogP contribution in [0.5, 0.6) is 5.75 Å². The van der Waals surface area contributed by atoms with Crippen LogP contribution in [0, 0.1) is 0 Å². The van der Waals surface area contributed by atoms with Crippen LogP contribution in [0.25, 0.3) is 10.2 Å². The molecule has 1 N–H and O–H groups in total. The van der Waals surface area contributed by atoms with Crippen molar-refractivity contribution in [2.75, 3.05) is 12.4 Å². The van der Waals surface area contributed by atoms with Crippen LogP contribution in [-0.4, -0.2) is 33.0 Å². The number of aromatic nitrogens is 4. The molecule has 5 aromatic rings. The summed E-state index contributed by atoms with van der Waals surface area (Å²) >= 11 is 3.36. The maximum Gasteiger partial charge on any atom is 0.255 e. The molecule has 7 nitrogen and oxygen atoms in total. The molecule has 0 unspecified atom stereocenters. The van der Waals surface area contributed by atoms with E-state index in [1.165, 1.54) is 4.70 Å². The lowest BCUT2D eigenvalue weighted by Gasteiger charge is -2.07. The van der Waals surface area contributed by atoms with Gasteiger partial charge in [0.05, 0.1) is 29.6 Å². The van der Waals surface area contributed by atoms with E-state index >= 15 is 0 Å². The lowest BCUT2D eigenvalue weighted by Crippen LogP contribution is -2.12. The first kappa shape index (κ1) is 22.1. The molecular weight excluding hydrogens is 466 g/mol. The molecule has 5 rings (SSSR count). The Kier molecular flexibility index (Phi) is 6.55. The van der Waals surface area contributed by atoms with Crippen LogP contribution in [0.1, 0.15) is 21.6 Å². The van der Waals surface area contributed by atoms with Gasteiger partial charge >= 0.3 is 0 Å². The Morgan fingerprint density at radius 3 is 2.62 bits per heavy atom. The van der Waals surface area contributed by atoms with Crippen LogP contribution in [0.3, 0.4) is 0 Å². The number of carbonyl (C=O) groups is 1. The minimum absolute atomic E-state index is 0.161. The number of hydrogen-bond donors (Lipinski definition) is 1. The van der Waals surface area contributed by atoms with Crippen LogP contribution < -0.4 is 10.1 Å². The molecule has 0 fully saturated rings. The molecule has 9 heteroatoms. The van der Waals surface area contributed by atoms with Crippen molar-refractivity contribution < 1.29 is 9.53 Å². The third-order valence-corrected chi connectivity index (χ3v) is 7.33. The highest BCUT2D eigenvalue weighted by molar-refractivity contribution is 8.00. The molecule has 170 valence electrons. The smallest absolute Gasteiger partial charge is 0.255 e. The van der Waals surface area contributed by atoms with Gasteiger partial charge in [0.2, 0.25) is 0 Å². The van der Waals surface area contributed by atoms with Crippen LogP contribution in [0.15, 0.2) is 83.3 Å². The topological polar surface area (TPSA) is 81.9 Å². The van der Waals surface area contributed by atoms with Crippen molar-refractivity contribution >= 4 is 44.9 Å². The number of nitrogens with one attached hydrogen (secondary N) is 1. The first-order valence-corrected chi connectivity index (χ1v) is 12.4. The average Bonchev–Trinajstić information content (AvgIpc) is 3.50. The summed E-state index contributed by atoms with van der Waals surface area (Å²) in [6.45, 7) is 0.583. The minimum Gasteiger partial charge on any atom is -0.497 e. The number of fused-ring (bicyclic) bond motifs is 1. The normalized spacial score (nSPS) is 11.0. The van der Waals surface area contributed by atoms with Gasteiger partial charge in [-0.2, -0.15) is 0 Å². The number of benzene rings is 3. The Balaban J connectivity index is 1.16. The predicted octanol–water partition coefficient (Wildman–Crippen LogP) is 5.49. The van der Waals surface area contributed by atoms with E-state index in [-0.39, 0.29) is 5.91 Å². The summed E-state index contributed by atoms with van der Waals surface area (Å²) in [6.07, 6.45) is 1.95. The van der Waals surface area contributed by atoms with E-state index in [9.17, 15) is 4.79 Å². The fourth-order valence-corrected chi connectivity index (χ4v) is 5.30. The van der Waals surface area contributed by atoms with Crippen LogP contribution in [-0.2, 0) is 12.3 Å². The minimum atomic E-state index is -0.161. The number of anilines is 1. The second-order valence-electron chi connectivity index (χ2n) is 7.52. The maximum absolute atomic E-state index is 12.5. The third kappa shape index (κ3) is 5.27. The highest BCUT2D eigenvalue weighted by atomic mass is 32.2. The van der Waals surface area contributed by atoms with Crippen LogP contribution in [0.2, 0.25) is 0 Å². The van der Waals surface area contributed by atoms with Gasteiger partial charge in [0, 0.05) is 23.2 Å². The summed E-state index contributed by atoms with van der Waals surface area (Å²) in [7, 11) is 1.61. The van der Waals surface area contributed by atoms with Crippen molar-refractivity contribution in [3.8, 4) is 5.75 Å². The van der Waals surface area contributed by atoms with Crippen LogP contribution in [0.4, 0.5) is 5.69 Å². The molecule has 0 radical (unpaired) electrons. The predicted molar refractivity (Wildman–Crippen MR) is 136 cm³/mol. The van der Waals surface area contributed by atoms with E-state index in [0.717, 1.165) is 26.9 Å². The molecule has 0 atom stereocenters. The molecular formula is C25H21N5O2S2. The van der Waals surface area contributed by atoms with Gasteiger partial charge in [-0.3, -0.25) is 4.79 Å². The van der Waals surface area contributed by atoms with Gasteiger partial charge in [0.1, 0.15) is 5.75 Å². The summed E-state index contributed by atoms with van der Waals surface area (Å²) in [5.74, 6) is 1.30. The number of thiazole rings is 1. The van der Waals surface area contributed by atoms with Crippen molar-refractivity contribution in [2.24, 2.45) is 0 Å². The zero-order valence-corrected chi connectivity index (χ0v) is 20.0. The third-order valence-electron chi connectivity index (χ3n) is 5.11. The van der Waals surface area contributed by atoms with Gasteiger partial charge in [-0.1, -0.05) is 41.2 Å². The molecule has 0 aliphatic carbocycles. The van der Waals surface area contributed by atoms with E-state index in [4.69, 9.17) is 4.74 Å². The van der Waals surface area contributed by atoms with Gasteiger partial charge in [0.25, 0.3) is 5.91 Å². The summed E-state index contributed by atoms with van der Waals surface area (Å²) < 4.78 is 9.16. The van der Waals surface area contributed by atoms with Crippen molar-refractivity contribution in [2.45, 2.75) is 16.6 Å². The Morgan fingerprint density at radius 1 is 1.06 bits per heavy atom. The SMILES string of the molecule is COc1ccc(NC(=O)c2ccc(Cn3cc(CSc4nc5ccccc5s4)nn3)cc2)cc1. The van der Waals surface area contributed by atoms with Gasteiger partial charge < -0.3 is 10.1 Å². The number of carbonyl (C=O) groups excluding carboxylic acids is 1. The highest BCUT2D eigenvalue weighted by Gasteiger charge is 2.09. The second kappa shape index (κ2) is 10.1. The number of amides is 1. The molecule has 2 aromatic heterocycles. The lowest BCUT2D eigenvalue weighted by atomic mass is 10.1. The van der Waals surface area contributed by atoms with Crippen LogP contribution >= 0.6 is 23.1 Å². The Morgan fingerprint density at radius 2 is 1.85 bits per heavy atom. The molecule has 0 aliphatic rings. The van der Waals surface area contributed by atoms with Crippen molar-refractivity contribution in [1.82, 2.24) is 20.0 Å². The number of methoxy groups -OCH3 is 1. The summed E-state index contributed by atoms with van der Waals surface area (Å²) in [5, 5.41) is 11.4. The molecule has 0 bridgehead atoms. The maximum atomic E-state index is 12.5. The van der Waals surface area contributed by atoms with E-state index in [1.807, 2.05) is 72.9 Å². The Bertz CT molecular complexity index is 1380. The van der Waals surface area contributed by atoms with E-state index in [0.29, 0.717) is 23.5 Å². The van der Waals surface area contributed by atoms with Gasteiger partial charge in [-0.25, -0.2) is 9.67 Å². The van der Waals surface area contributed by atoms with E-state index in [2.05, 4.69) is 26.7 Å². The quantitative estimate of drug-likeness (QED) is 0.292. The van der Waals surface area contributed by atoms with Gasteiger partial charge in [0.15, 0.2) is 4.34 Å². The molecule has 0 saturated heterocycles. The largest absolute Gasteiger partial charge is 0.497 e. The fourth-order valence-electron chi connectivity index (χ4n) is 3.36. The highest BCUT2D eigenvalue weighted by Crippen LogP contribution is 2.30. The summed E-state index contributed by atoms with van der Waals surface area (Å²) in [4.78, 5) is 17.2. The van der Waals surface area contributed by atoms with E-state index < -0.39 is 0 Å². The first-order chi connectivity index (χ1) is 16.7. The second-order valence-corrected chi connectivity index (χ2v) is 9.78. The van der Waals surface area contributed by atoms with Crippen molar-refractivity contribution in [1.29, 1.82) is 0 Å². The number of rotatable bonds is 8. The summed E-state index contributed by atoms with van der Waals surface area (Å²) in [5.41, 5.74) is 4.27. The number of para-hydroxylation sites is 1. The lowest BCUT2D eigenvalue weighted by molar-refractivity contribution is 0.102. The molecule has 1 amide bonds. The molecule has 2 heterocycles. The summed E-state index contributed by atoms with van der Waals surface area (Å²) in [6, 6.07) is 22.9. The number of nitrogens with zero attached hydrogens (tertiary/aromatic N) is 4. The zero-order valence-electron chi connectivity index (χ0n) is 18.3. The Hall–Kier alpha value is -3.69. The van der Waals surface area contributed by atoms with Crippen molar-refractivity contribution in [3.05, 3.63) is 95.8 Å². The standard InChI is InChI=1S/C25H21N5O2S2/c1-32-21-12-10-19(11-13-21)26-24(31)18-8-6-17(7-9-18)14-30-15-20(28-29-30)16-33-25-27-22-4-2-3-5-23(22)34-25/h2-13,15H,14,16H2,1H3,(H,26,31).